The fourth-order valence-electron chi connectivity index (χ4n) is 1.25. The van der Waals surface area contributed by atoms with Gasteiger partial charge in [-0.2, -0.15) is 0 Å². The van der Waals surface area contributed by atoms with Gasteiger partial charge in [-0.3, -0.25) is 0 Å². The van der Waals surface area contributed by atoms with Gasteiger partial charge in [0.25, 0.3) is 0 Å². The van der Waals surface area contributed by atoms with Crippen LogP contribution in [0, 0.1) is 12.7 Å². The van der Waals surface area contributed by atoms with Crippen molar-refractivity contribution in [3.8, 4) is 0 Å². The first-order valence-corrected chi connectivity index (χ1v) is 5.36. The van der Waals surface area contributed by atoms with Crippen LogP contribution in [-0.2, 0) is 0 Å². The van der Waals surface area contributed by atoms with E-state index in [1.165, 1.54) is 17.0 Å². The number of halogens is 1. The zero-order chi connectivity index (χ0) is 13.0. The number of hydrogen-bond donors (Lipinski definition) is 2. The van der Waals surface area contributed by atoms with Crippen molar-refractivity contribution in [3.05, 3.63) is 29.6 Å². The van der Waals surface area contributed by atoms with Crippen LogP contribution in [0.15, 0.2) is 18.2 Å². The van der Waals surface area contributed by atoms with Crippen LogP contribution in [0.4, 0.5) is 14.9 Å². The average molecular weight is 240 g/mol. The summed E-state index contributed by atoms with van der Waals surface area (Å²) in [6.45, 7) is 3.33. The minimum absolute atomic E-state index is 0.137. The van der Waals surface area contributed by atoms with Crippen molar-refractivity contribution in [2.45, 2.75) is 19.9 Å². The molecule has 0 aromatic heterocycles. The summed E-state index contributed by atoms with van der Waals surface area (Å²) >= 11 is 0. The van der Waals surface area contributed by atoms with Crippen LogP contribution in [0.2, 0.25) is 0 Å². The number of urea groups is 1. The van der Waals surface area contributed by atoms with E-state index in [9.17, 15) is 9.18 Å². The highest BCUT2D eigenvalue weighted by Gasteiger charge is 2.16. The quantitative estimate of drug-likeness (QED) is 0.848. The van der Waals surface area contributed by atoms with Crippen LogP contribution in [0.25, 0.3) is 0 Å². The second-order valence-electron chi connectivity index (χ2n) is 4.06. The molecule has 1 rings (SSSR count). The number of hydrogen-bond acceptors (Lipinski definition) is 2. The third-order valence-corrected chi connectivity index (χ3v) is 2.61. The first kappa shape index (κ1) is 13.4. The molecular weight excluding hydrogens is 223 g/mol. The van der Waals surface area contributed by atoms with Crippen molar-refractivity contribution in [2.75, 3.05) is 19.0 Å². The van der Waals surface area contributed by atoms with E-state index in [4.69, 9.17) is 5.11 Å². The Morgan fingerprint density at radius 3 is 2.76 bits per heavy atom. The number of nitrogens with zero attached hydrogens (tertiary/aromatic N) is 1. The minimum Gasteiger partial charge on any atom is -0.394 e. The lowest BCUT2D eigenvalue weighted by Gasteiger charge is -2.23. The molecule has 0 aliphatic rings. The lowest BCUT2D eigenvalue weighted by atomic mass is 10.2. The minimum atomic E-state index is -0.469. The predicted octanol–water partition coefficient (Wildman–Crippen LogP) is 1.98. The lowest BCUT2D eigenvalue weighted by Crippen LogP contribution is -2.40. The molecule has 4 nitrogen and oxygen atoms in total. The molecule has 0 spiro atoms. The monoisotopic (exact) mass is 240 g/mol. The SMILES string of the molecule is Cc1ccc(NC(=O)N(C)C(C)CO)c(F)c1. The van der Waals surface area contributed by atoms with Crippen LogP contribution >= 0.6 is 0 Å². The fourth-order valence-corrected chi connectivity index (χ4v) is 1.25. The number of carbonyl (C=O) groups is 1. The summed E-state index contributed by atoms with van der Waals surface area (Å²) in [7, 11) is 1.54. The van der Waals surface area contributed by atoms with Crippen molar-refractivity contribution in [1.29, 1.82) is 0 Å². The van der Waals surface area contributed by atoms with Gasteiger partial charge in [0, 0.05) is 7.05 Å². The summed E-state index contributed by atoms with van der Waals surface area (Å²) in [5.74, 6) is -0.469. The Bertz CT molecular complexity index is 409. The summed E-state index contributed by atoms with van der Waals surface area (Å²) in [6, 6.07) is 3.82. The van der Waals surface area contributed by atoms with E-state index < -0.39 is 11.8 Å². The zero-order valence-corrected chi connectivity index (χ0v) is 10.2. The van der Waals surface area contributed by atoms with E-state index in [1.807, 2.05) is 0 Å². The van der Waals surface area contributed by atoms with Gasteiger partial charge < -0.3 is 15.3 Å². The smallest absolute Gasteiger partial charge is 0.321 e. The van der Waals surface area contributed by atoms with E-state index >= 15 is 0 Å². The Morgan fingerprint density at radius 1 is 1.59 bits per heavy atom. The molecule has 1 atom stereocenters. The second kappa shape index (κ2) is 5.63. The molecule has 2 N–H and O–H groups in total. The summed E-state index contributed by atoms with van der Waals surface area (Å²) in [4.78, 5) is 13.0. The van der Waals surface area contributed by atoms with Gasteiger partial charge in [0.1, 0.15) is 5.82 Å². The van der Waals surface area contributed by atoms with Crippen LogP contribution < -0.4 is 5.32 Å². The first-order chi connectivity index (χ1) is 7.95. The van der Waals surface area contributed by atoms with Gasteiger partial charge in [-0.05, 0) is 31.5 Å². The van der Waals surface area contributed by atoms with Gasteiger partial charge in [0.15, 0.2) is 0 Å². The van der Waals surface area contributed by atoms with Crippen molar-refractivity contribution in [2.24, 2.45) is 0 Å². The highest BCUT2D eigenvalue weighted by atomic mass is 19.1. The molecule has 0 aliphatic heterocycles. The van der Waals surface area contributed by atoms with E-state index in [0.29, 0.717) is 0 Å². The number of aliphatic hydroxyl groups excluding tert-OH is 1. The Labute approximate surface area is 100 Å². The summed E-state index contributed by atoms with van der Waals surface area (Å²) in [5, 5.41) is 11.4. The standard InChI is InChI=1S/C12H17FN2O2/c1-8-4-5-11(10(13)6-8)14-12(17)15(3)9(2)7-16/h4-6,9,16H,7H2,1-3H3,(H,14,17). The number of nitrogens with one attached hydrogen (secondary N) is 1. The topological polar surface area (TPSA) is 52.6 Å². The van der Waals surface area contributed by atoms with Crippen molar-refractivity contribution >= 4 is 11.7 Å². The third kappa shape index (κ3) is 3.42. The Morgan fingerprint density at radius 2 is 2.24 bits per heavy atom. The van der Waals surface area contributed by atoms with Gasteiger partial charge >= 0.3 is 6.03 Å². The number of anilines is 1. The molecule has 0 bridgehead atoms. The molecule has 0 radical (unpaired) electrons. The summed E-state index contributed by atoms with van der Waals surface area (Å²) in [5.41, 5.74) is 0.926. The molecule has 1 aromatic carbocycles. The molecule has 0 saturated heterocycles. The third-order valence-electron chi connectivity index (χ3n) is 2.61. The van der Waals surface area contributed by atoms with Gasteiger partial charge in [-0.1, -0.05) is 6.07 Å². The molecule has 0 fully saturated rings. The highest BCUT2D eigenvalue weighted by molar-refractivity contribution is 5.89. The normalized spacial score (nSPS) is 12.1. The highest BCUT2D eigenvalue weighted by Crippen LogP contribution is 2.15. The number of aryl methyl sites for hydroxylation is 1. The lowest BCUT2D eigenvalue weighted by molar-refractivity contribution is 0.166. The van der Waals surface area contributed by atoms with Crippen molar-refractivity contribution < 1.29 is 14.3 Å². The Balaban J connectivity index is 2.74. The maximum atomic E-state index is 13.5. The molecular formula is C12H17FN2O2. The van der Waals surface area contributed by atoms with Gasteiger partial charge in [-0.15, -0.1) is 0 Å². The Kier molecular flexibility index (Phi) is 4.45. The predicted molar refractivity (Wildman–Crippen MR) is 64.5 cm³/mol. The molecule has 1 unspecified atom stereocenters. The number of likely N-dealkylation sites (N-methyl/N-ethyl adjacent to an activating group) is 1. The molecule has 5 heteroatoms. The van der Waals surface area contributed by atoms with Crippen LogP contribution in [-0.4, -0.2) is 35.7 Å². The molecule has 0 aliphatic carbocycles. The number of aliphatic hydroxyl groups is 1. The average Bonchev–Trinajstić information content (AvgIpc) is 2.30. The Hall–Kier alpha value is -1.62. The van der Waals surface area contributed by atoms with Crippen LogP contribution in [0.1, 0.15) is 12.5 Å². The number of amides is 2. The number of benzene rings is 1. The molecule has 1 aromatic rings. The van der Waals surface area contributed by atoms with Crippen molar-refractivity contribution in [3.63, 3.8) is 0 Å². The first-order valence-electron chi connectivity index (χ1n) is 5.36. The fraction of sp³-hybridized carbons (Fsp3) is 0.417. The summed E-state index contributed by atoms with van der Waals surface area (Å²) < 4.78 is 13.5. The van der Waals surface area contributed by atoms with E-state index in [2.05, 4.69) is 5.32 Å². The number of carbonyl (C=O) groups excluding carboxylic acids is 1. The maximum Gasteiger partial charge on any atom is 0.321 e. The van der Waals surface area contributed by atoms with Gasteiger partial charge in [0.2, 0.25) is 0 Å². The zero-order valence-electron chi connectivity index (χ0n) is 10.2. The molecule has 0 heterocycles. The molecule has 94 valence electrons. The van der Waals surface area contributed by atoms with Crippen LogP contribution in [0.3, 0.4) is 0 Å². The number of rotatable bonds is 3. The van der Waals surface area contributed by atoms with E-state index in [0.717, 1.165) is 5.56 Å². The van der Waals surface area contributed by atoms with Gasteiger partial charge in [-0.25, -0.2) is 9.18 Å². The molecule has 0 saturated carbocycles. The molecule has 2 amide bonds. The van der Waals surface area contributed by atoms with Gasteiger partial charge in [0.05, 0.1) is 18.3 Å². The van der Waals surface area contributed by atoms with E-state index in [-0.39, 0.29) is 18.3 Å². The largest absolute Gasteiger partial charge is 0.394 e. The van der Waals surface area contributed by atoms with E-state index in [1.54, 1.807) is 27.0 Å². The second-order valence-corrected chi connectivity index (χ2v) is 4.06. The summed E-state index contributed by atoms with van der Waals surface area (Å²) in [6.07, 6.45) is 0. The maximum absolute atomic E-state index is 13.5. The van der Waals surface area contributed by atoms with Crippen LogP contribution in [0.5, 0.6) is 0 Å². The van der Waals surface area contributed by atoms with Crippen molar-refractivity contribution in [1.82, 2.24) is 4.90 Å². The molecule has 17 heavy (non-hydrogen) atoms.